The predicted octanol–water partition coefficient (Wildman–Crippen LogP) is 1.25. The zero-order valence-electron chi connectivity index (χ0n) is 14.8. The van der Waals surface area contributed by atoms with Crippen LogP contribution in [0.4, 0.5) is 4.79 Å². The number of urea groups is 1. The monoisotopic (exact) mass is 379 g/mol. The minimum absolute atomic E-state index is 0.0470. The van der Waals surface area contributed by atoms with Crippen molar-refractivity contribution in [2.45, 2.75) is 50.6 Å². The number of rotatable bonds is 5. The lowest BCUT2D eigenvalue weighted by molar-refractivity contribution is -0.682. The molecule has 4 amide bonds. The molecule has 1 saturated heterocycles. The van der Waals surface area contributed by atoms with Crippen LogP contribution in [0, 0.1) is 0 Å². The number of carbonyl (C=O) groups excluding carboxylic acids is 3. The molecule has 0 bridgehead atoms. The van der Waals surface area contributed by atoms with Crippen LogP contribution >= 0.6 is 11.6 Å². The van der Waals surface area contributed by atoms with Gasteiger partial charge >= 0.3 is 6.03 Å². The van der Waals surface area contributed by atoms with Crippen molar-refractivity contribution >= 4 is 29.4 Å². The number of hydrogen-bond donors (Lipinski definition) is 3. The van der Waals surface area contributed by atoms with Crippen molar-refractivity contribution in [1.29, 1.82) is 0 Å². The molecule has 7 nitrogen and oxygen atoms in total. The normalized spacial score (nSPS) is 20.2. The molecule has 1 aromatic rings. The summed E-state index contributed by atoms with van der Waals surface area (Å²) in [6.45, 7) is 2.08. The number of benzene rings is 1. The molecule has 1 saturated carbocycles. The average Bonchev–Trinajstić information content (AvgIpc) is 2.85. The number of nitrogens with zero attached hydrogens (tertiary/aromatic N) is 1. The van der Waals surface area contributed by atoms with Crippen LogP contribution in [-0.4, -0.2) is 34.9 Å². The van der Waals surface area contributed by atoms with Gasteiger partial charge in [0.1, 0.15) is 11.6 Å². The van der Waals surface area contributed by atoms with E-state index in [1.165, 1.54) is 0 Å². The fourth-order valence-electron chi connectivity index (χ4n) is 3.57. The van der Waals surface area contributed by atoms with Gasteiger partial charge in [-0.2, -0.15) is 5.01 Å². The third kappa shape index (κ3) is 3.83. The number of hydrazine groups is 1. The number of nitrogens with two attached hydrogens (primary N) is 1. The van der Waals surface area contributed by atoms with E-state index in [4.69, 9.17) is 11.6 Å². The van der Waals surface area contributed by atoms with Crippen molar-refractivity contribution in [3.63, 3.8) is 0 Å². The van der Waals surface area contributed by atoms with E-state index in [-0.39, 0.29) is 24.4 Å². The van der Waals surface area contributed by atoms with Gasteiger partial charge in [0.2, 0.25) is 0 Å². The maximum atomic E-state index is 12.6. The third-order valence-corrected chi connectivity index (χ3v) is 5.41. The first-order valence-electron chi connectivity index (χ1n) is 8.96. The van der Waals surface area contributed by atoms with Crippen LogP contribution < -0.4 is 16.1 Å². The zero-order valence-corrected chi connectivity index (χ0v) is 15.5. The maximum Gasteiger partial charge on any atom is 0.344 e. The highest BCUT2D eigenvalue weighted by Gasteiger charge is 2.52. The molecule has 1 aliphatic heterocycles. The molecule has 1 heterocycles. The van der Waals surface area contributed by atoms with Gasteiger partial charge in [-0.15, -0.1) is 0 Å². The standard InChI is InChI=1S/C18H23ClN4O3/c1-12(13-5-7-14(19)8-6-13)20-11-15(24)22-23-16(25)18(21-17(23)26)9-3-2-4-10-18/h5-8,12,20H,2-4,9-11H2,1H3,(H,21,26)(H,22,24)/p+1/t12-/m1/s1. The van der Waals surface area contributed by atoms with Crippen LogP contribution in [0.5, 0.6) is 0 Å². The Labute approximate surface area is 157 Å². The summed E-state index contributed by atoms with van der Waals surface area (Å²) in [5.41, 5.74) is 2.66. The first-order chi connectivity index (χ1) is 12.4. The van der Waals surface area contributed by atoms with Crippen molar-refractivity contribution in [1.82, 2.24) is 15.8 Å². The lowest BCUT2D eigenvalue weighted by atomic mass is 9.82. The first-order valence-corrected chi connectivity index (χ1v) is 9.34. The Kier molecular flexibility index (Phi) is 5.48. The van der Waals surface area contributed by atoms with Crippen LogP contribution in [0.25, 0.3) is 0 Å². The Morgan fingerprint density at radius 2 is 1.92 bits per heavy atom. The molecule has 2 fully saturated rings. The molecule has 4 N–H and O–H groups in total. The second kappa shape index (κ2) is 7.63. The van der Waals surface area contributed by atoms with Gasteiger partial charge in [-0.1, -0.05) is 43.0 Å². The van der Waals surface area contributed by atoms with E-state index in [2.05, 4.69) is 10.7 Å². The second-order valence-corrected chi connectivity index (χ2v) is 7.46. The second-order valence-electron chi connectivity index (χ2n) is 7.03. The summed E-state index contributed by atoms with van der Waals surface area (Å²) in [5.74, 6) is -0.733. The molecule has 140 valence electrons. The Morgan fingerprint density at radius 3 is 2.58 bits per heavy atom. The van der Waals surface area contributed by atoms with Gasteiger partial charge in [-0.25, -0.2) is 4.79 Å². The van der Waals surface area contributed by atoms with E-state index in [9.17, 15) is 14.4 Å². The number of amides is 4. The average molecular weight is 380 g/mol. The lowest BCUT2D eigenvalue weighted by Crippen LogP contribution is -2.87. The van der Waals surface area contributed by atoms with Gasteiger partial charge in [0.05, 0.1) is 0 Å². The van der Waals surface area contributed by atoms with Crippen molar-refractivity contribution < 1.29 is 19.7 Å². The Morgan fingerprint density at radius 1 is 1.27 bits per heavy atom. The molecule has 2 aliphatic rings. The van der Waals surface area contributed by atoms with Gasteiger partial charge in [-0.3, -0.25) is 15.0 Å². The molecule has 1 spiro atoms. The summed E-state index contributed by atoms with van der Waals surface area (Å²) in [6.07, 6.45) is 4.13. The van der Waals surface area contributed by atoms with Crippen molar-refractivity contribution in [2.75, 3.05) is 6.54 Å². The summed E-state index contributed by atoms with van der Waals surface area (Å²) < 4.78 is 0. The summed E-state index contributed by atoms with van der Waals surface area (Å²) in [5, 5.41) is 6.11. The number of quaternary nitrogens is 1. The minimum Gasteiger partial charge on any atom is -0.332 e. The molecule has 0 aromatic heterocycles. The maximum absolute atomic E-state index is 12.6. The van der Waals surface area contributed by atoms with Crippen molar-refractivity contribution in [2.24, 2.45) is 0 Å². The van der Waals surface area contributed by atoms with Crippen LogP contribution in [0.1, 0.15) is 50.6 Å². The van der Waals surface area contributed by atoms with E-state index in [0.29, 0.717) is 17.9 Å². The fourth-order valence-corrected chi connectivity index (χ4v) is 3.70. The van der Waals surface area contributed by atoms with Gasteiger partial charge in [0.15, 0.2) is 6.54 Å². The van der Waals surface area contributed by atoms with Gasteiger partial charge in [0.25, 0.3) is 11.8 Å². The minimum atomic E-state index is -0.830. The molecule has 0 unspecified atom stereocenters. The molecule has 0 radical (unpaired) electrons. The molecule has 26 heavy (non-hydrogen) atoms. The Hall–Kier alpha value is -2.12. The van der Waals surface area contributed by atoms with E-state index in [1.54, 1.807) is 12.1 Å². The molecule has 8 heteroatoms. The van der Waals surface area contributed by atoms with E-state index in [0.717, 1.165) is 29.8 Å². The van der Waals surface area contributed by atoms with Crippen LogP contribution in [-0.2, 0) is 9.59 Å². The molecule has 1 atom stereocenters. The van der Waals surface area contributed by atoms with Gasteiger partial charge in [-0.05, 0) is 31.9 Å². The molecular weight excluding hydrogens is 356 g/mol. The molecular formula is C18H24ClN4O3+. The van der Waals surface area contributed by atoms with Crippen molar-refractivity contribution in [3.8, 4) is 0 Å². The van der Waals surface area contributed by atoms with Crippen molar-refractivity contribution in [3.05, 3.63) is 34.9 Å². The highest BCUT2D eigenvalue weighted by atomic mass is 35.5. The smallest absolute Gasteiger partial charge is 0.332 e. The topological polar surface area (TPSA) is 95.1 Å². The summed E-state index contributed by atoms with van der Waals surface area (Å²) >= 11 is 5.88. The first kappa shape index (κ1) is 18.7. The van der Waals surface area contributed by atoms with Gasteiger partial charge < -0.3 is 10.6 Å². The van der Waals surface area contributed by atoms with E-state index in [1.807, 2.05) is 24.4 Å². The van der Waals surface area contributed by atoms with Gasteiger partial charge in [0, 0.05) is 10.6 Å². The fraction of sp³-hybridized carbons (Fsp3) is 0.500. The third-order valence-electron chi connectivity index (χ3n) is 5.16. The van der Waals surface area contributed by atoms with Crippen LogP contribution in [0.3, 0.4) is 0 Å². The summed E-state index contributed by atoms with van der Waals surface area (Å²) in [7, 11) is 0. The molecule has 1 aliphatic carbocycles. The largest absolute Gasteiger partial charge is 0.344 e. The zero-order chi connectivity index (χ0) is 18.7. The number of halogens is 1. The SMILES string of the molecule is C[C@@H]([NH2+]CC(=O)NN1C(=O)NC2(CCCCC2)C1=O)c1ccc(Cl)cc1. The van der Waals surface area contributed by atoms with E-state index < -0.39 is 11.6 Å². The van der Waals surface area contributed by atoms with E-state index >= 15 is 0 Å². The summed E-state index contributed by atoms with van der Waals surface area (Å²) in [6, 6.07) is 6.93. The number of hydrogen-bond acceptors (Lipinski definition) is 3. The number of imide groups is 1. The molecule has 3 rings (SSSR count). The Balaban J connectivity index is 1.53. The number of carbonyl (C=O) groups is 3. The Bertz CT molecular complexity index is 701. The predicted molar refractivity (Wildman–Crippen MR) is 96.0 cm³/mol. The summed E-state index contributed by atoms with van der Waals surface area (Å²) in [4.78, 5) is 37.0. The molecule has 1 aromatic carbocycles. The number of nitrogens with one attached hydrogen (secondary N) is 2. The quantitative estimate of drug-likeness (QED) is 0.672. The highest BCUT2D eigenvalue weighted by molar-refractivity contribution is 6.30. The van der Waals surface area contributed by atoms with Crippen LogP contribution in [0.2, 0.25) is 5.02 Å². The lowest BCUT2D eigenvalue weighted by Gasteiger charge is -2.30. The van der Waals surface area contributed by atoms with Crippen LogP contribution in [0.15, 0.2) is 24.3 Å². The highest BCUT2D eigenvalue weighted by Crippen LogP contribution is 2.32.